The van der Waals surface area contributed by atoms with Crippen molar-refractivity contribution in [2.24, 2.45) is 7.05 Å². The smallest absolute Gasteiger partial charge is 0.178 e. The van der Waals surface area contributed by atoms with E-state index in [2.05, 4.69) is 4.98 Å². The number of rotatable bonds is 0. The van der Waals surface area contributed by atoms with Gasteiger partial charge >= 0.3 is 0 Å². The minimum Gasteiger partial charge on any atom is -0.325 e. The molecular weight excluding hydrogens is 144 g/mol. The summed E-state index contributed by atoms with van der Waals surface area (Å²) in [6, 6.07) is 0. The van der Waals surface area contributed by atoms with Crippen molar-refractivity contribution in [1.82, 2.24) is 9.55 Å². The minimum absolute atomic E-state index is 0.581. The predicted molar refractivity (Wildman–Crippen MR) is 35.6 cm³/mol. The molecule has 1 N–H and O–H groups in total. The molecule has 1 heterocycles. The molecule has 4 heteroatoms. The van der Waals surface area contributed by atoms with E-state index in [-0.39, 0.29) is 0 Å². The van der Waals surface area contributed by atoms with Gasteiger partial charge in [-0.3, -0.25) is 0 Å². The fourth-order valence-corrected chi connectivity index (χ4v) is 0.906. The summed E-state index contributed by atoms with van der Waals surface area (Å²) < 4.78 is 2.40. The van der Waals surface area contributed by atoms with Crippen molar-refractivity contribution in [3.05, 3.63) is 16.1 Å². The summed E-state index contributed by atoms with van der Waals surface area (Å²) in [6.07, 6.45) is 1.73. The molecule has 44 valence electrons. The van der Waals surface area contributed by atoms with Crippen molar-refractivity contribution in [3.63, 3.8) is 0 Å². The molecule has 1 aromatic heterocycles. The molecule has 0 aliphatic rings. The lowest BCUT2D eigenvalue weighted by molar-refractivity contribution is 0.894. The molecule has 0 saturated carbocycles. The number of hydrogen-bond acceptors (Lipinski definition) is 1. The van der Waals surface area contributed by atoms with Crippen LogP contribution >= 0.6 is 23.8 Å². The molecule has 0 aliphatic heterocycles. The molecule has 0 spiro atoms. The van der Waals surface area contributed by atoms with Gasteiger partial charge in [0.25, 0.3) is 0 Å². The van der Waals surface area contributed by atoms with E-state index in [1.165, 1.54) is 0 Å². The predicted octanol–water partition coefficient (Wildman–Crippen LogP) is 1.74. The van der Waals surface area contributed by atoms with E-state index in [1.54, 1.807) is 10.8 Å². The third-order valence-electron chi connectivity index (χ3n) is 0.854. The SMILES string of the molecule is Cn1cc(Cl)[nH]c1=S. The zero-order valence-corrected chi connectivity index (χ0v) is 5.88. The second-order valence-electron chi connectivity index (χ2n) is 1.52. The summed E-state index contributed by atoms with van der Waals surface area (Å²) in [5, 5.41) is 0.581. The average Bonchev–Trinajstić information content (AvgIpc) is 1.85. The Balaban J connectivity index is 3.35. The normalized spacial score (nSPS) is 9.75. The number of hydrogen-bond donors (Lipinski definition) is 1. The second kappa shape index (κ2) is 1.91. The Kier molecular flexibility index (Phi) is 1.40. The van der Waals surface area contributed by atoms with Crippen LogP contribution in [0.5, 0.6) is 0 Å². The first-order valence-electron chi connectivity index (χ1n) is 2.11. The Hall–Kier alpha value is -0.280. The quantitative estimate of drug-likeness (QED) is 0.556. The molecule has 0 amide bonds. The zero-order valence-electron chi connectivity index (χ0n) is 4.31. The molecule has 0 unspecified atom stereocenters. The van der Waals surface area contributed by atoms with Crippen molar-refractivity contribution in [3.8, 4) is 0 Å². The van der Waals surface area contributed by atoms with Crippen LogP contribution in [-0.2, 0) is 7.05 Å². The van der Waals surface area contributed by atoms with Crippen molar-refractivity contribution < 1.29 is 0 Å². The Labute approximate surface area is 57.1 Å². The molecule has 2 nitrogen and oxygen atoms in total. The van der Waals surface area contributed by atoms with Crippen LogP contribution in [0.4, 0.5) is 0 Å². The third kappa shape index (κ3) is 0.928. The third-order valence-corrected chi connectivity index (χ3v) is 1.44. The fourth-order valence-electron chi connectivity index (χ4n) is 0.451. The van der Waals surface area contributed by atoms with Crippen LogP contribution in [0.1, 0.15) is 0 Å². The monoisotopic (exact) mass is 148 g/mol. The highest BCUT2D eigenvalue weighted by Gasteiger charge is 1.88. The lowest BCUT2D eigenvalue weighted by Gasteiger charge is -1.79. The number of halogens is 1. The largest absolute Gasteiger partial charge is 0.325 e. The topological polar surface area (TPSA) is 20.7 Å². The van der Waals surface area contributed by atoms with Gasteiger partial charge in [0, 0.05) is 13.2 Å². The van der Waals surface area contributed by atoms with Gasteiger partial charge in [0.15, 0.2) is 4.77 Å². The molecule has 0 aromatic carbocycles. The van der Waals surface area contributed by atoms with E-state index < -0.39 is 0 Å². The summed E-state index contributed by atoms with van der Waals surface area (Å²) in [5.74, 6) is 0. The molecule has 8 heavy (non-hydrogen) atoms. The second-order valence-corrected chi connectivity index (χ2v) is 2.31. The number of aromatic nitrogens is 2. The van der Waals surface area contributed by atoms with Gasteiger partial charge in [0.05, 0.1) is 0 Å². The van der Waals surface area contributed by atoms with Gasteiger partial charge in [-0.15, -0.1) is 0 Å². The van der Waals surface area contributed by atoms with Crippen LogP contribution in [0.15, 0.2) is 6.20 Å². The molecule has 0 radical (unpaired) electrons. The lowest BCUT2D eigenvalue weighted by Crippen LogP contribution is -1.81. The lowest BCUT2D eigenvalue weighted by atomic mass is 10.9. The van der Waals surface area contributed by atoms with Gasteiger partial charge in [-0.05, 0) is 12.2 Å². The molecular formula is C4H5ClN2S. The highest BCUT2D eigenvalue weighted by Crippen LogP contribution is 2.01. The van der Waals surface area contributed by atoms with Crippen molar-refractivity contribution in [1.29, 1.82) is 0 Å². The molecule has 0 fully saturated rings. The van der Waals surface area contributed by atoms with Gasteiger partial charge in [-0.2, -0.15) is 0 Å². The Morgan fingerprint density at radius 1 is 1.88 bits per heavy atom. The fraction of sp³-hybridized carbons (Fsp3) is 0.250. The van der Waals surface area contributed by atoms with E-state index in [9.17, 15) is 0 Å². The first-order valence-corrected chi connectivity index (χ1v) is 2.90. The van der Waals surface area contributed by atoms with Gasteiger partial charge in [-0.1, -0.05) is 11.6 Å². The highest BCUT2D eigenvalue weighted by molar-refractivity contribution is 7.71. The number of nitrogens with one attached hydrogen (secondary N) is 1. The summed E-state index contributed by atoms with van der Waals surface area (Å²) >= 11 is 10.3. The van der Waals surface area contributed by atoms with Crippen molar-refractivity contribution in [2.45, 2.75) is 0 Å². The molecule has 0 saturated heterocycles. The summed E-state index contributed by atoms with van der Waals surface area (Å²) in [5.41, 5.74) is 0. The van der Waals surface area contributed by atoms with Gasteiger partial charge in [0.1, 0.15) is 5.15 Å². The molecule has 0 atom stereocenters. The van der Waals surface area contributed by atoms with Gasteiger partial charge < -0.3 is 9.55 Å². The molecule has 0 bridgehead atoms. The van der Waals surface area contributed by atoms with Crippen LogP contribution in [0.25, 0.3) is 0 Å². The Morgan fingerprint density at radius 2 is 2.50 bits per heavy atom. The average molecular weight is 149 g/mol. The van der Waals surface area contributed by atoms with Crippen molar-refractivity contribution >= 4 is 23.8 Å². The maximum Gasteiger partial charge on any atom is 0.178 e. The summed E-state index contributed by atoms with van der Waals surface area (Å²) in [6.45, 7) is 0. The van der Waals surface area contributed by atoms with Crippen LogP contribution < -0.4 is 0 Å². The van der Waals surface area contributed by atoms with Crippen LogP contribution in [-0.4, -0.2) is 9.55 Å². The van der Waals surface area contributed by atoms with Crippen LogP contribution in [0.2, 0.25) is 5.15 Å². The first kappa shape index (κ1) is 5.85. The van der Waals surface area contributed by atoms with E-state index >= 15 is 0 Å². The van der Waals surface area contributed by atoms with E-state index in [0.717, 1.165) is 0 Å². The highest BCUT2D eigenvalue weighted by atomic mass is 35.5. The summed E-state index contributed by atoms with van der Waals surface area (Å²) in [7, 11) is 1.84. The number of imidazole rings is 1. The number of H-pyrrole nitrogens is 1. The summed E-state index contributed by atoms with van der Waals surface area (Å²) in [4.78, 5) is 2.75. The maximum absolute atomic E-state index is 5.52. The number of aryl methyl sites for hydroxylation is 1. The van der Waals surface area contributed by atoms with E-state index in [4.69, 9.17) is 23.8 Å². The van der Waals surface area contributed by atoms with E-state index in [1.807, 2.05) is 7.05 Å². The minimum atomic E-state index is 0.581. The molecule has 0 aliphatic carbocycles. The number of aromatic amines is 1. The first-order chi connectivity index (χ1) is 3.70. The Morgan fingerprint density at radius 3 is 2.62 bits per heavy atom. The molecule has 1 aromatic rings. The van der Waals surface area contributed by atoms with Gasteiger partial charge in [0.2, 0.25) is 0 Å². The van der Waals surface area contributed by atoms with E-state index in [0.29, 0.717) is 9.92 Å². The number of nitrogens with zero attached hydrogens (tertiary/aromatic N) is 1. The zero-order chi connectivity index (χ0) is 6.15. The van der Waals surface area contributed by atoms with Crippen LogP contribution in [0.3, 0.4) is 0 Å². The maximum atomic E-state index is 5.52. The van der Waals surface area contributed by atoms with Crippen LogP contribution in [0, 0.1) is 4.77 Å². The molecule has 1 rings (SSSR count). The van der Waals surface area contributed by atoms with Crippen molar-refractivity contribution in [2.75, 3.05) is 0 Å². The Bertz CT molecular complexity index is 236. The standard InChI is InChI=1S/C4H5ClN2S/c1-7-2-3(5)6-4(7)8/h2H,1H3,(H,6,8). The van der Waals surface area contributed by atoms with Gasteiger partial charge in [-0.25, -0.2) is 0 Å².